The van der Waals surface area contributed by atoms with Crippen LogP contribution >= 0.6 is 27.5 Å². The predicted octanol–water partition coefficient (Wildman–Crippen LogP) is 4.11. The molecule has 2 aromatic rings. The van der Waals surface area contributed by atoms with E-state index in [4.69, 9.17) is 11.6 Å². The molecule has 1 heterocycles. The smallest absolute Gasteiger partial charge is 0.387 e. The van der Waals surface area contributed by atoms with Crippen molar-refractivity contribution < 1.29 is 13.5 Å². The highest BCUT2D eigenvalue weighted by atomic mass is 79.9. The van der Waals surface area contributed by atoms with Crippen LogP contribution in [0, 0.1) is 0 Å². The minimum Gasteiger partial charge on any atom is -0.431 e. The minimum atomic E-state index is -2.92. The van der Waals surface area contributed by atoms with Gasteiger partial charge in [0.25, 0.3) is 0 Å². The van der Waals surface area contributed by atoms with Crippen LogP contribution in [0.2, 0.25) is 5.02 Å². The van der Waals surface area contributed by atoms with E-state index >= 15 is 0 Å². The number of rotatable bonds is 5. The molecule has 0 aliphatic heterocycles. The standard InChI is InChI=1S/C12H9BrClF2N3O/c13-9-3-7(14)4-10(11(9)20-12(15)16)18-5-8-1-2-17-6-19-8/h1-4,6,12,18H,5H2. The fourth-order valence-electron chi connectivity index (χ4n) is 1.51. The normalized spacial score (nSPS) is 10.7. The average Bonchev–Trinajstić information content (AvgIpc) is 2.40. The lowest BCUT2D eigenvalue weighted by molar-refractivity contribution is -0.0498. The van der Waals surface area contributed by atoms with Crippen LogP contribution in [-0.4, -0.2) is 16.6 Å². The molecule has 0 spiro atoms. The molecular weight excluding hydrogens is 356 g/mol. The van der Waals surface area contributed by atoms with Crippen molar-refractivity contribution in [2.75, 3.05) is 5.32 Å². The van der Waals surface area contributed by atoms with Crippen molar-refractivity contribution in [1.82, 2.24) is 9.97 Å². The Hall–Kier alpha value is -1.47. The lowest BCUT2D eigenvalue weighted by atomic mass is 10.2. The fraction of sp³-hybridized carbons (Fsp3) is 0.167. The Morgan fingerprint density at radius 3 is 2.85 bits per heavy atom. The maximum Gasteiger partial charge on any atom is 0.387 e. The van der Waals surface area contributed by atoms with E-state index in [0.717, 1.165) is 0 Å². The molecule has 0 saturated heterocycles. The largest absolute Gasteiger partial charge is 0.431 e. The maximum atomic E-state index is 12.4. The number of anilines is 1. The molecule has 1 aromatic carbocycles. The van der Waals surface area contributed by atoms with Crippen molar-refractivity contribution in [3.63, 3.8) is 0 Å². The molecular formula is C12H9BrClF2N3O. The first-order valence-corrected chi connectivity index (χ1v) is 6.66. The van der Waals surface area contributed by atoms with Crippen molar-refractivity contribution >= 4 is 33.2 Å². The first-order valence-electron chi connectivity index (χ1n) is 5.49. The van der Waals surface area contributed by atoms with Gasteiger partial charge in [-0.3, -0.25) is 0 Å². The van der Waals surface area contributed by atoms with Crippen LogP contribution in [0.25, 0.3) is 0 Å². The van der Waals surface area contributed by atoms with Crippen LogP contribution in [0.1, 0.15) is 5.69 Å². The third-order valence-corrected chi connectivity index (χ3v) is 3.13. The van der Waals surface area contributed by atoms with E-state index < -0.39 is 6.61 Å². The number of hydrogen-bond donors (Lipinski definition) is 1. The Kier molecular flexibility index (Phi) is 5.08. The number of nitrogens with one attached hydrogen (secondary N) is 1. The van der Waals surface area contributed by atoms with Crippen molar-refractivity contribution in [3.8, 4) is 5.75 Å². The SMILES string of the molecule is FC(F)Oc1c(Br)cc(Cl)cc1NCc1ccncn1. The second-order valence-corrected chi connectivity index (χ2v) is 4.99. The van der Waals surface area contributed by atoms with Gasteiger partial charge in [-0.2, -0.15) is 8.78 Å². The lowest BCUT2D eigenvalue weighted by Gasteiger charge is -2.14. The highest BCUT2D eigenvalue weighted by molar-refractivity contribution is 9.10. The molecule has 2 rings (SSSR count). The van der Waals surface area contributed by atoms with Gasteiger partial charge >= 0.3 is 6.61 Å². The highest BCUT2D eigenvalue weighted by Crippen LogP contribution is 2.37. The molecule has 8 heteroatoms. The molecule has 1 N–H and O–H groups in total. The topological polar surface area (TPSA) is 47.0 Å². The first-order chi connectivity index (χ1) is 9.56. The van der Waals surface area contributed by atoms with Gasteiger partial charge in [-0.1, -0.05) is 11.6 Å². The summed E-state index contributed by atoms with van der Waals surface area (Å²) in [6, 6.07) is 4.70. The van der Waals surface area contributed by atoms with Gasteiger partial charge in [-0.05, 0) is 34.1 Å². The summed E-state index contributed by atoms with van der Waals surface area (Å²) in [5, 5.41) is 3.35. The Labute approximate surface area is 127 Å². The fourth-order valence-corrected chi connectivity index (χ4v) is 2.41. The Morgan fingerprint density at radius 2 is 2.20 bits per heavy atom. The van der Waals surface area contributed by atoms with E-state index in [1.54, 1.807) is 12.3 Å². The van der Waals surface area contributed by atoms with Gasteiger partial charge in [-0.15, -0.1) is 0 Å². The number of alkyl halides is 2. The molecule has 0 atom stereocenters. The first kappa shape index (κ1) is 14.9. The second kappa shape index (κ2) is 6.81. The molecule has 20 heavy (non-hydrogen) atoms. The molecule has 0 fully saturated rings. The zero-order chi connectivity index (χ0) is 14.5. The highest BCUT2D eigenvalue weighted by Gasteiger charge is 2.15. The van der Waals surface area contributed by atoms with Crippen molar-refractivity contribution in [2.24, 2.45) is 0 Å². The van der Waals surface area contributed by atoms with E-state index in [1.165, 1.54) is 18.5 Å². The number of ether oxygens (including phenoxy) is 1. The molecule has 0 radical (unpaired) electrons. The predicted molar refractivity (Wildman–Crippen MR) is 75.1 cm³/mol. The number of benzene rings is 1. The quantitative estimate of drug-likeness (QED) is 0.867. The van der Waals surface area contributed by atoms with Gasteiger partial charge in [0.05, 0.1) is 22.4 Å². The summed E-state index contributed by atoms with van der Waals surface area (Å²) in [5.74, 6) is -0.00143. The molecule has 4 nitrogen and oxygen atoms in total. The zero-order valence-electron chi connectivity index (χ0n) is 9.99. The Balaban J connectivity index is 2.21. The number of aromatic nitrogens is 2. The molecule has 0 saturated carbocycles. The molecule has 0 aliphatic carbocycles. The van der Waals surface area contributed by atoms with Gasteiger partial charge in [-0.25, -0.2) is 9.97 Å². The summed E-state index contributed by atoms with van der Waals surface area (Å²) in [4.78, 5) is 7.82. The van der Waals surface area contributed by atoms with Crippen molar-refractivity contribution in [1.29, 1.82) is 0 Å². The van der Waals surface area contributed by atoms with Gasteiger partial charge in [0, 0.05) is 11.2 Å². The van der Waals surface area contributed by atoms with Gasteiger partial charge in [0.2, 0.25) is 0 Å². The third kappa shape index (κ3) is 4.01. The Bertz CT molecular complexity index is 586. The van der Waals surface area contributed by atoms with Crippen LogP contribution < -0.4 is 10.1 Å². The van der Waals surface area contributed by atoms with Crippen LogP contribution in [0.5, 0.6) is 5.75 Å². The molecule has 0 aliphatic rings. The maximum absolute atomic E-state index is 12.4. The number of nitrogens with zero attached hydrogens (tertiary/aromatic N) is 2. The van der Waals surface area contributed by atoms with Crippen LogP contribution in [0.4, 0.5) is 14.5 Å². The van der Waals surface area contributed by atoms with E-state index in [1.807, 2.05) is 0 Å². The third-order valence-electron chi connectivity index (χ3n) is 2.32. The average molecular weight is 365 g/mol. The summed E-state index contributed by atoms with van der Waals surface area (Å²) in [6.07, 6.45) is 3.00. The minimum absolute atomic E-state index is 0.00143. The monoisotopic (exact) mass is 363 g/mol. The van der Waals surface area contributed by atoms with Crippen LogP contribution in [0.3, 0.4) is 0 Å². The van der Waals surface area contributed by atoms with Crippen molar-refractivity contribution in [2.45, 2.75) is 13.2 Å². The zero-order valence-corrected chi connectivity index (χ0v) is 12.3. The van der Waals surface area contributed by atoms with Gasteiger partial charge in [0.1, 0.15) is 6.33 Å². The molecule has 0 unspecified atom stereocenters. The molecule has 0 bridgehead atoms. The summed E-state index contributed by atoms with van der Waals surface area (Å²) >= 11 is 9.05. The Morgan fingerprint density at radius 1 is 1.40 bits per heavy atom. The molecule has 106 valence electrons. The second-order valence-electron chi connectivity index (χ2n) is 3.70. The lowest BCUT2D eigenvalue weighted by Crippen LogP contribution is -2.08. The van der Waals surface area contributed by atoms with E-state index in [9.17, 15) is 8.78 Å². The summed E-state index contributed by atoms with van der Waals surface area (Å²) in [5.41, 5.74) is 1.06. The van der Waals surface area contributed by atoms with E-state index in [0.29, 0.717) is 27.4 Å². The van der Waals surface area contributed by atoms with E-state index in [-0.39, 0.29) is 5.75 Å². The summed E-state index contributed by atoms with van der Waals surface area (Å²) in [6.45, 7) is -2.60. The molecule has 1 aromatic heterocycles. The van der Waals surface area contributed by atoms with Crippen LogP contribution in [0.15, 0.2) is 35.2 Å². The number of halogens is 4. The van der Waals surface area contributed by atoms with E-state index in [2.05, 4.69) is 36.0 Å². The van der Waals surface area contributed by atoms with Gasteiger partial charge in [0.15, 0.2) is 5.75 Å². The van der Waals surface area contributed by atoms with Crippen LogP contribution in [-0.2, 0) is 6.54 Å². The molecule has 0 amide bonds. The number of hydrogen-bond acceptors (Lipinski definition) is 4. The summed E-state index contributed by atoms with van der Waals surface area (Å²) < 4.78 is 29.7. The summed E-state index contributed by atoms with van der Waals surface area (Å²) in [7, 11) is 0. The van der Waals surface area contributed by atoms with Gasteiger partial charge < -0.3 is 10.1 Å². The van der Waals surface area contributed by atoms with Crippen molar-refractivity contribution in [3.05, 3.63) is 45.9 Å².